The molecule has 1 spiro atoms. The van der Waals surface area contributed by atoms with E-state index in [1.807, 2.05) is 4.90 Å². The number of nitrogens with zero attached hydrogens (tertiary/aromatic N) is 1. The van der Waals surface area contributed by atoms with Gasteiger partial charge in [0.2, 0.25) is 5.91 Å². The van der Waals surface area contributed by atoms with Crippen LogP contribution in [0.3, 0.4) is 0 Å². The molecular weight excluding hydrogens is 418 g/mol. The number of hydrogen-bond acceptors (Lipinski definition) is 5. The summed E-state index contributed by atoms with van der Waals surface area (Å²) in [5, 5.41) is 0. The average Bonchev–Trinajstić information content (AvgIpc) is 2.75. The lowest BCUT2D eigenvalue weighted by atomic mass is 9.32. The summed E-state index contributed by atoms with van der Waals surface area (Å²) >= 11 is 0. The second kappa shape index (κ2) is 7.58. The van der Waals surface area contributed by atoms with Crippen LogP contribution >= 0.6 is 0 Å². The summed E-state index contributed by atoms with van der Waals surface area (Å²) in [6.45, 7) is 13.3. The smallest absolute Gasteiger partial charge is 0.303 e. The standard InChI is InChI=1S/C27H39NO5/c1-16-13-21-25(5)8-6-9-26(21,15-28(24(25)31)11-12-32-18(3)29)22-14-20-7-10-27(16,22)23(17(20)2)33-19(4)30/h16,20-23H,2,6-15H2,1,3-5H3. The average molecular weight is 458 g/mol. The van der Waals surface area contributed by atoms with Gasteiger partial charge in [-0.05, 0) is 73.2 Å². The number of fused-ring (bicyclic) bond motifs is 2. The van der Waals surface area contributed by atoms with Gasteiger partial charge in [-0.3, -0.25) is 14.4 Å². The number of piperidine rings is 1. The number of ether oxygens (including phenoxy) is 2. The van der Waals surface area contributed by atoms with Gasteiger partial charge in [-0.15, -0.1) is 0 Å². The van der Waals surface area contributed by atoms with E-state index in [9.17, 15) is 14.4 Å². The van der Waals surface area contributed by atoms with Gasteiger partial charge in [0.1, 0.15) is 12.7 Å². The molecule has 5 aliphatic carbocycles. The van der Waals surface area contributed by atoms with E-state index in [0.717, 1.165) is 57.1 Å². The zero-order chi connectivity index (χ0) is 23.8. The highest BCUT2D eigenvalue weighted by atomic mass is 16.5. The molecule has 1 amide bonds. The fourth-order valence-electron chi connectivity index (χ4n) is 9.48. The number of carbonyl (C=O) groups excluding carboxylic acids is 3. The largest absolute Gasteiger partial charge is 0.464 e. The topological polar surface area (TPSA) is 72.9 Å². The van der Waals surface area contributed by atoms with Gasteiger partial charge in [0.25, 0.3) is 0 Å². The lowest BCUT2D eigenvalue weighted by Gasteiger charge is -2.74. The predicted molar refractivity (Wildman–Crippen MR) is 123 cm³/mol. The number of carbonyl (C=O) groups is 3. The van der Waals surface area contributed by atoms with Crippen LogP contribution in [0.25, 0.3) is 0 Å². The van der Waals surface area contributed by atoms with Crippen molar-refractivity contribution in [3.63, 3.8) is 0 Å². The Labute approximate surface area is 197 Å². The van der Waals surface area contributed by atoms with Crippen LogP contribution in [0, 0.1) is 39.9 Å². The molecule has 33 heavy (non-hydrogen) atoms. The molecule has 1 heterocycles. The molecule has 6 rings (SSSR count). The summed E-state index contributed by atoms with van der Waals surface area (Å²) < 4.78 is 11.3. The van der Waals surface area contributed by atoms with Gasteiger partial charge in [0, 0.05) is 31.2 Å². The first-order chi connectivity index (χ1) is 15.6. The van der Waals surface area contributed by atoms with Crippen molar-refractivity contribution in [1.29, 1.82) is 0 Å². The van der Waals surface area contributed by atoms with Crippen LogP contribution in [0.1, 0.15) is 72.6 Å². The lowest BCUT2D eigenvalue weighted by Crippen LogP contribution is -2.74. The van der Waals surface area contributed by atoms with Crippen molar-refractivity contribution in [3.8, 4) is 0 Å². The molecule has 0 aromatic heterocycles. The third-order valence-electron chi connectivity index (χ3n) is 10.7. The molecule has 0 aromatic carbocycles. The minimum absolute atomic E-state index is 0.0292. The van der Waals surface area contributed by atoms with Crippen molar-refractivity contribution in [2.75, 3.05) is 19.7 Å². The summed E-state index contributed by atoms with van der Waals surface area (Å²) in [7, 11) is 0. The van der Waals surface area contributed by atoms with Crippen LogP contribution < -0.4 is 0 Å². The van der Waals surface area contributed by atoms with Crippen molar-refractivity contribution in [1.82, 2.24) is 4.90 Å². The molecule has 0 radical (unpaired) electrons. The fourth-order valence-corrected chi connectivity index (χ4v) is 9.48. The highest BCUT2D eigenvalue weighted by Gasteiger charge is 2.73. The monoisotopic (exact) mass is 457 g/mol. The van der Waals surface area contributed by atoms with E-state index in [0.29, 0.717) is 30.2 Å². The minimum Gasteiger partial charge on any atom is -0.464 e. The van der Waals surface area contributed by atoms with Crippen molar-refractivity contribution >= 4 is 17.8 Å². The summed E-state index contributed by atoms with van der Waals surface area (Å²) in [6.07, 6.45) is 7.22. The van der Waals surface area contributed by atoms with E-state index in [2.05, 4.69) is 20.4 Å². The van der Waals surface area contributed by atoms with Crippen LogP contribution in [-0.2, 0) is 23.9 Å². The van der Waals surface area contributed by atoms with Crippen LogP contribution in [0.5, 0.6) is 0 Å². The Balaban J connectivity index is 1.57. The van der Waals surface area contributed by atoms with E-state index in [4.69, 9.17) is 9.47 Å². The van der Waals surface area contributed by atoms with Gasteiger partial charge in [-0.1, -0.05) is 26.8 Å². The molecule has 6 fully saturated rings. The Hall–Kier alpha value is -1.85. The Kier molecular flexibility index (Phi) is 5.26. The highest BCUT2D eigenvalue weighted by molar-refractivity contribution is 5.84. The molecule has 5 saturated carbocycles. The molecular formula is C27H39NO5. The second-order valence-corrected chi connectivity index (χ2v) is 12.0. The van der Waals surface area contributed by atoms with Crippen LogP contribution in [0.4, 0.5) is 0 Å². The molecule has 1 saturated heterocycles. The molecule has 6 nitrogen and oxygen atoms in total. The quantitative estimate of drug-likeness (QED) is 0.469. The van der Waals surface area contributed by atoms with E-state index in [-0.39, 0.29) is 46.8 Å². The Morgan fingerprint density at radius 2 is 1.88 bits per heavy atom. The van der Waals surface area contributed by atoms with Gasteiger partial charge < -0.3 is 14.4 Å². The first-order valence-electron chi connectivity index (χ1n) is 12.8. The van der Waals surface area contributed by atoms with Crippen molar-refractivity contribution in [2.45, 2.75) is 78.7 Å². The Bertz CT molecular complexity index is 899. The van der Waals surface area contributed by atoms with Gasteiger partial charge >= 0.3 is 11.9 Å². The van der Waals surface area contributed by atoms with E-state index < -0.39 is 0 Å². The minimum atomic E-state index is -0.368. The molecule has 4 bridgehead atoms. The third-order valence-corrected chi connectivity index (χ3v) is 10.7. The SMILES string of the molecule is C=C1C2CCC3(C(C)CC4C5(C)CCCC4(CN(CCOC(C)=O)C5=O)C3C2)C1OC(C)=O. The first-order valence-corrected chi connectivity index (χ1v) is 12.8. The van der Waals surface area contributed by atoms with E-state index in [1.165, 1.54) is 13.8 Å². The molecule has 6 heteroatoms. The number of esters is 2. The summed E-state index contributed by atoms with van der Waals surface area (Å²) in [4.78, 5) is 39.3. The van der Waals surface area contributed by atoms with E-state index in [1.54, 1.807) is 0 Å². The van der Waals surface area contributed by atoms with Crippen LogP contribution in [0.2, 0.25) is 0 Å². The molecule has 8 unspecified atom stereocenters. The Morgan fingerprint density at radius 1 is 1.12 bits per heavy atom. The number of rotatable bonds is 4. The normalized spacial score (nSPS) is 45.8. The van der Waals surface area contributed by atoms with Crippen LogP contribution in [0.15, 0.2) is 12.2 Å². The number of amides is 1. The second-order valence-electron chi connectivity index (χ2n) is 12.0. The van der Waals surface area contributed by atoms with Crippen molar-refractivity contribution < 1.29 is 23.9 Å². The summed E-state index contributed by atoms with van der Waals surface area (Å²) in [5.74, 6) is 1.25. The first kappa shape index (κ1) is 22.9. The molecule has 182 valence electrons. The molecule has 6 aliphatic rings. The van der Waals surface area contributed by atoms with Gasteiger partial charge in [0.05, 0.1) is 6.54 Å². The maximum atomic E-state index is 13.8. The lowest BCUT2D eigenvalue weighted by molar-refractivity contribution is -0.257. The number of likely N-dealkylation sites (tertiary alicyclic amines) is 1. The summed E-state index contributed by atoms with van der Waals surface area (Å²) in [6, 6.07) is 0. The van der Waals surface area contributed by atoms with Crippen molar-refractivity contribution in [2.24, 2.45) is 39.9 Å². The van der Waals surface area contributed by atoms with Crippen LogP contribution in [-0.4, -0.2) is 48.5 Å². The molecule has 0 N–H and O–H groups in total. The third kappa shape index (κ3) is 3.01. The van der Waals surface area contributed by atoms with Gasteiger partial charge in [-0.2, -0.15) is 0 Å². The van der Waals surface area contributed by atoms with Crippen molar-refractivity contribution in [3.05, 3.63) is 12.2 Å². The zero-order valence-corrected chi connectivity index (χ0v) is 20.7. The maximum absolute atomic E-state index is 13.8. The maximum Gasteiger partial charge on any atom is 0.303 e. The van der Waals surface area contributed by atoms with Gasteiger partial charge in [-0.25, -0.2) is 0 Å². The fraction of sp³-hybridized carbons (Fsp3) is 0.815. The summed E-state index contributed by atoms with van der Waals surface area (Å²) in [5.41, 5.74) is 0.689. The molecule has 0 aromatic rings. The Morgan fingerprint density at radius 3 is 2.58 bits per heavy atom. The number of hydrogen-bond donors (Lipinski definition) is 0. The molecule has 1 aliphatic heterocycles. The van der Waals surface area contributed by atoms with Gasteiger partial charge in [0.15, 0.2) is 0 Å². The van der Waals surface area contributed by atoms with E-state index >= 15 is 0 Å². The highest BCUT2D eigenvalue weighted by Crippen LogP contribution is 2.75. The zero-order valence-electron chi connectivity index (χ0n) is 20.7. The predicted octanol–water partition coefficient (Wildman–Crippen LogP) is 4.13. The molecule has 8 atom stereocenters.